The fraction of sp³-hybridized carbons (Fsp3) is 0.571. The minimum atomic E-state index is -0.647. The minimum Gasteiger partial charge on any atom is -0.383 e. The predicted molar refractivity (Wildman–Crippen MR) is 47.9 cm³/mol. The van der Waals surface area contributed by atoms with E-state index in [1.54, 1.807) is 0 Å². The van der Waals surface area contributed by atoms with E-state index in [4.69, 9.17) is 22.1 Å². The van der Waals surface area contributed by atoms with Gasteiger partial charge in [-0.25, -0.2) is 0 Å². The maximum absolute atomic E-state index is 11.0. The van der Waals surface area contributed by atoms with Gasteiger partial charge in [0.25, 0.3) is 0 Å². The maximum atomic E-state index is 11.0. The van der Waals surface area contributed by atoms with Crippen molar-refractivity contribution in [1.82, 2.24) is 5.32 Å². The molecular weight excluding hydrogens is 180 g/mol. The molecule has 0 aromatic rings. The fourth-order valence-electron chi connectivity index (χ4n) is 0.569. The van der Waals surface area contributed by atoms with Crippen molar-refractivity contribution in [3.8, 4) is 0 Å². The van der Waals surface area contributed by atoms with Gasteiger partial charge in [-0.3, -0.25) is 4.79 Å². The van der Waals surface area contributed by atoms with Crippen LogP contribution in [0, 0.1) is 0 Å². The lowest BCUT2D eigenvalue weighted by molar-refractivity contribution is -0.123. The Labute approximate surface area is 76.7 Å². The number of carbonyl (C=O) groups excluding carboxylic acids is 1. The zero-order valence-corrected chi connectivity index (χ0v) is 7.73. The van der Waals surface area contributed by atoms with E-state index in [1.165, 1.54) is 7.11 Å². The zero-order chi connectivity index (χ0) is 9.56. The predicted octanol–water partition coefficient (Wildman–Crippen LogP) is -0.171. The Morgan fingerprint density at radius 2 is 2.42 bits per heavy atom. The molecule has 0 rings (SSSR count). The van der Waals surface area contributed by atoms with Gasteiger partial charge in [0.15, 0.2) is 0 Å². The highest BCUT2D eigenvalue weighted by Crippen LogP contribution is 1.92. The molecule has 0 spiro atoms. The van der Waals surface area contributed by atoms with Gasteiger partial charge in [0.2, 0.25) is 5.91 Å². The van der Waals surface area contributed by atoms with Crippen molar-refractivity contribution in [3.05, 3.63) is 11.6 Å². The van der Waals surface area contributed by atoms with Crippen LogP contribution in [0.5, 0.6) is 0 Å². The molecule has 0 heterocycles. The summed E-state index contributed by atoms with van der Waals surface area (Å²) in [5, 5.41) is 2.86. The normalized spacial score (nSPS) is 12.2. The SMILES string of the molecule is C=C(Cl)CNC(=O)C(N)COC. The molecule has 12 heavy (non-hydrogen) atoms. The van der Waals surface area contributed by atoms with Crippen LogP contribution in [0.3, 0.4) is 0 Å². The minimum absolute atomic E-state index is 0.195. The molecule has 0 aliphatic rings. The summed E-state index contributed by atoms with van der Waals surface area (Å²) in [5.41, 5.74) is 5.40. The number of hydrogen-bond acceptors (Lipinski definition) is 3. The van der Waals surface area contributed by atoms with Crippen molar-refractivity contribution >= 4 is 17.5 Å². The van der Waals surface area contributed by atoms with Crippen LogP contribution >= 0.6 is 11.6 Å². The summed E-state index contributed by atoms with van der Waals surface area (Å²) in [6.07, 6.45) is 0. The van der Waals surface area contributed by atoms with Gasteiger partial charge in [0.1, 0.15) is 6.04 Å². The average Bonchev–Trinajstić information content (AvgIpc) is 2.00. The van der Waals surface area contributed by atoms with E-state index in [-0.39, 0.29) is 19.1 Å². The van der Waals surface area contributed by atoms with Crippen LogP contribution in [0.15, 0.2) is 11.6 Å². The molecule has 0 saturated heterocycles. The smallest absolute Gasteiger partial charge is 0.239 e. The number of carbonyl (C=O) groups is 1. The molecule has 5 heteroatoms. The molecule has 0 saturated carbocycles. The van der Waals surface area contributed by atoms with Gasteiger partial charge >= 0.3 is 0 Å². The third kappa shape index (κ3) is 5.12. The summed E-state index contributed by atoms with van der Waals surface area (Å²) in [7, 11) is 1.48. The topological polar surface area (TPSA) is 64.4 Å². The number of nitrogens with one attached hydrogen (secondary N) is 1. The van der Waals surface area contributed by atoms with Crippen molar-refractivity contribution < 1.29 is 9.53 Å². The van der Waals surface area contributed by atoms with Crippen LogP contribution in [0.4, 0.5) is 0 Å². The number of halogens is 1. The molecule has 0 aromatic carbocycles. The largest absolute Gasteiger partial charge is 0.383 e. The molecule has 0 radical (unpaired) electrons. The maximum Gasteiger partial charge on any atom is 0.239 e. The summed E-state index contributed by atoms with van der Waals surface area (Å²) in [6.45, 7) is 3.84. The van der Waals surface area contributed by atoms with Gasteiger partial charge < -0.3 is 15.8 Å². The molecule has 4 nitrogen and oxygen atoms in total. The second kappa shape index (κ2) is 5.99. The molecule has 1 amide bonds. The summed E-state index contributed by atoms with van der Waals surface area (Å²) in [5.74, 6) is -0.293. The first-order valence-electron chi connectivity index (χ1n) is 3.43. The van der Waals surface area contributed by atoms with Gasteiger partial charge in [-0.15, -0.1) is 0 Å². The van der Waals surface area contributed by atoms with Crippen LogP contribution in [-0.4, -0.2) is 32.2 Å². The first-order chi connectivity index (χ1) is 5.57. The summed E-state index contributed by atoms with van der Waals surface area (Å²) >= 11 is 5.42. The van der Waals surface area contributed by atoms with Crippen molar-refractivity contribution in [2.45, 2.75) is 6.04 Å². The Morgan fingerprint density at radius 1 is 1.83 bits per heavy atom. The molecule has 0 fully saturated rings. The molecule has 1 unspecified atom stereocenters. The Hall–Kier alpha value is -0.580. The van der Waals surface area contributed by atoms with E-state index < -0.39 is 6.04 Å². The van der Waals surface area contributed by atoms with Gasteiger partial charge in [0.05, 0.1) is 13.2 Å². The molecular formula is C7H13ClN2O2. The monoisotopic (exact) mass is 192 g/mol. The Kier molecular flexibility index (Phi) is 5.70. The average molecular weight is 193 g/mol. The molecule has 0 aromatic heterocycles. The zero-order valence-electron chi connectivity index (χ0n) is 6.97. The molecule has 0 aliphatic carbocycles. The molecule has 70 valence electrons. The van der Waals surface area contributed by atoms with E-state index in [0.717, 1.165) is 0 Å². The number of amides is 1. The Bertz CT molecular complexity index is 173. The van der Waals surface area contributed by atoms with E-state index >= 15 is 0 Å². The van der Waals surface area contributed by atoms with Crippen LogP contribution in [0.25, 0.3) is 0 Å². The number of hydrogen-bond donors (Lipinski definition) is 2. The third-order valence-electron chi connectivity index (χ3n) is 1.14. The van der Waals surface area contributed by atoms with Crippen molar-refractivity contribution in [3.63, 3.8) is 0 Å². The van der Waals surface area contributed by atoms with E-state index in [2.05, 4.69) is 11.9 Å². The van der Waals surface area contributed by atoms with Crippen LogP contribution in [-0.2, 0) is 9.53 Å². The van der Waals surface area contributed by atoms with Gasteiger partial charge in [-0.05, 0) is 0 Å². The molecule has 0 bridgehead atoms. The fourth-order valence-corrected chi connectivity index (χ4v) is 0.636. The number of methoxy groups -OCH3 is 1. The van der Waals surface area contributed by atoms with Crippen molar-refractivity contribution in [2.75, 3.05) is 20.3 Å². The van der Waals surface area contributed by atoms with E-state index in [0.29, 0.717) is 5.03 Å². The van der Waals surface area contributed by atoms with Gasteiger partial charge in [-0.2, -0.15) is 0 Å². The molecule has 3 N–H and O–H groups in total. The Balaban J connectivity index is 3.64. The summed E-state index contributed by atoms with van der Waals surface area (Å²) in [4.78, 5) is 11.0. The van der Waals surface area contributed by atoms with E-state index in [9.17, 15) is 4.79 Å². The Morgan fingerprint density at radius 3 is 2.83 bits per heavy atom. The van der Waals surface area contributed by atoms with E-state index in [1.807, 2.05) is 0 Å². The lowest BCUT2D eigenvalue weighted by Gasteiger charge is -2.09. The standard InChI is InChI=1S/C7H13ClN2O2/c1-5(8)3-10-7(11)6(9)4-12-2/h6H,1,3-4,9H2,2H3,(H,10,11). The highest BCUT2D eigenvalue weighted by molar-refractivity contribution is 6.29. The highest BCUT2D eigenvalue weighted by atomic mass is 35.5. The summed E-state index contributed by atoms with van der Waals surface area (Å²) in [6, 6.07) is -0.647. The van der Waals surface area contributed by atoms with Crippen molar-refractivity contribution in [2.24, 2.45) is 5.73 Å². The quantitative estimate of drug-likeness (QED) is 0.636. The number of rotatable bonds is 5. The molecule has 0 aliphatic heterocycles. The third-order valence-corrected chi connectivity index (χ3v) is 1.27. The van der Waals surface area contributed by atoms with Crippen molar-refractivity contribution in [1.29, 1.82) is 0 Å². The van der Waals surface area contributed by atoms with Gasteiger partial charge in [0, 0.05) is 12.1 Å². The summed E-state index contributed by atoms with van der Waals surface area (Å²) < 4.78 is 4.69. The van der Waals surface area contributed by atoms with Crippen LogP contribution in [0.2, 0.25) is 0 Å². The van der Waals surface area contributed by atoms with Crippen LogP contribution in [0.1, 0.15) is 0 Å². The van der Waals surface area contributed by atoms with Crippen LogP contribution < -0.4 is 11.1 Å². The molecule has 1 atom stereocenters. The number of nitrogens with two attached hydrogens (primary N) is 1. The lowest BCUT2D eigenvalue weighted by Crippen LogP contribution is -2.43. The second-order valence-corrected chi connectivity index (χ2v) is 2.83. The first-order valence-corrected chi connectivity index (χ1v) is 3.81. The van der Waals surface area contributed by atoms with Gasteiger partial charge in [-0.1, -0.05) is 18.2 Å². The second-order valence-electron chi connectivity index (χ2n) is 2.30. The first kappa shape index (κ1) is 11.4. The lowest BCUT2D eigenvalue weighted by atomic mass is 10.3. The number of ether oxygens (including phenoxy) is 1. The highest BCUT2D eigenvalue weighted by Gasteiger charge is 2.11.